The van der Waals surface area contributed by atoms with Gasteiger partial charge in [-0.05, 0) is 37.1 Å². The van der Waals surface area contributed by atoms with E-state index >= 15 is 0 Å². The van der Waals surface area contributed by atoms with Crippen LogP contribution in [-0.4, -0.2) is 11.7 Å². The zero-order valence-electron chi connectivity index (χ0n) is 8.10. The Morgan fingerprint density at radius 2 is 2.14 bits per heavy atom. The van der Waals surface area contributed by atoms with Gasteiger partial charge in [0.1, 0.15) is 0 Å². The van der Waals surface area contributed by atoms with Gasteiger partial charge in [0.15, 0.2) is 5.78 Å². The molecule has 3 heteroatoms. The van der Waals surface area contributed by atoms with Crippen molar-refractivity contribution in [3.63, 3.8) is 0 Å². The Bertz CT molecular complexity index is 418. The second-order valence-electron chi connectivity index (χ2n) is 3.13. The maximum Gasteiger partial charge on any atom is 0.177 e. The van der Waals surface area contributed by atoms with Crippen LogP contribution in [-0.2, 0) is 0 Å². The Kier molecular flexibility index (Phi) is 3.27. The zero-order valence-corrected chi connectivity index (χ0v) is 8.85. The summed E-state index contributed by atoms with van der Waals surface area (Å²) in [6.07, 6.45) is 0. The molecule has 0 amide bonds. The van der Waals surface area contributed by atoms with Gasteiger partial charge in [0, 0.05) is 5.56 Å². The van der Waals surface area contributed by atoms with E-state index in [1.807, 2.05) is 13.8 Å². The van der Waals surface area contributed by atoms with Gasteiger partial charge in [0.25, 0.3) is 0 Å². The first-order chi connectivity index (χ1) is 6.60. The molecule has 1 rings (SSSR count). The molecule has 0 aromatic heterocycles. The number of carbonyl (C=O) groups is 1. The van der Waals surface area contributed by atoms with Gasteiger partial charge in [0.05, 0.1) is 17.5 Å². The number of rotatable bonds is 2. The largest absolute Gasteiger partial charge is 0.293 e. The summed E-state index contributed by atoms with van der Waals surface area (Å²) in [4.78, 5) is 11.3. The van der Waals surface area contributed by atoms with E-state index in [2.05, 4.69) is 6.07 Å². The van der Waals surface area contributed by atoms with E-state index in [1.54, 1.807) is 12.1 Å². The van der Waals surface area contributed by atoms with Gasteiger partial charge in [-0.3, -0.25) is 4.79 Å². The second-order valence-corrected chi connectivity index (χ2v) is 3.40. The Morgan fingerprint density at radius 3 is 2.64 bits per heavy atom. The standard InChI is InChI=1S/C11H10ClNO/c1-7-3-9(11(14)5-12)4-10(6-13)8(7)2/h3-4H,5H2,1-2H3. The molecular weight excluding hydrogens is 198 g/mol. The van der Waals surface area contributed by atoms with Crippen LogP contribution in [0.2, 0.25) is 0 Å². The Morgan fingerprint density at radius 1 is 1.50 bits per heavy atom. The summed E-state index contributed by atoms with van der Waals surface area (Å²) in [6.45, 7) is 3.74. The number of nitrogens with zero attached hydrogens (tertiary/aromatic N) is 1. The molecule has 2 nitrogen and oxygen atoms in total. The SMILES string of the molecule is Cc1cc(C(=O)CCl)cc(C#N)c1C. The molecule has 0 aliphatic heterocycles. The van der Waals surface area contributed by atoms with Crippen LogP contribution in [0.3, 0.4) is 0 Å². The van der Waals surface area contributed by atoms with E-state index in [0.29, 0.717) is 11.1 Å². The van der Waals surface area contributed by atoms with Crippen molar-refractivity contribution in [2.45, 2.75) is 13.8 Å². The van der Waals surface area contributed by atoms with Crippen LogP contribution < -0.4 is 0 Å². The quantitative estimate of drug-likeness (QED) is 0.553. The molecule has 0 saturated carbocycles. The molecule has 0 N–H and O–H groups in total. The number of carbonyl (C=O) groups excluding carboxylic acids is 1. The van der Waals surface area contributed by atoms with Crippen molar-refractivity contribution in [2.24, 2.45) is 0 Å². The topological polar surface area (TPSA) is 40.9 Å². The fourth-order valence-electron chi connectivity index (χ4n) is 1.21. The molecule has 0 heterocycles. The highest BCUT2D eigenvalue weighted by Crippen LogP contribution is 2.16. The Labute approximate surface area is 88.1 Å². The second kappa shape index (κ2) is 4.26. The first-order valence-corrected chi connectivity index (χ1v) is 4.74. The van der Waals surface area contributed by atoms with Crippen LogP contribution in [0.1, 0.15) is 27.0 Å². The van der Waals surface area contributed by atoms with Crippen LogP contribution >= 0.6 is 11.6 Å². The minimum absolute atomic E-state index is 0.0482. The van der Waals surface area contributed by atoms with Crippen LogP contribution in [0.5, 0.6) is 0 Å². The number of nitriles is 1. The van der Waals surface area contributed by atoms with Gasteiger partial charge in [0.2, 0.25) is 0 Å². The van der Waals surface area contributed by atoms with Crippen molar-refractivity contribution in [1.29, 1.82) is 5.26 Å². The Balaban J connectivity index is 3.32. The molecular formula is C11H10ClNO. The van der Waals surface area contributed by atoms with Crippen molar-refractivity contribution in [3.05, 3.63) is 34.4 Å². The summed E-state index contributed by atoms with van der Waals surface area (Å²) in [5, 5.41) is 8.83. The van der Waals surface area contributed by atoms with E-state index in [4.69, 9.17) is 16.9 Å². The minimum Gasteiger partial charge on any atom is -0.293 e. The lowest BCUT2D eigenvalue weighted by Crippen LogP contribution is -2.02. The molecule has 0 unspecified atom stereocenters. The van der Waals surface area contributed by atoms with Crippen LogP contribution in [0, 0.1) is 25.2 Å². The molecule has 1 aromatic rings. The molecule has 0 fully saturated rings. The number of alkyl halides is 1. The number of Topliss-reactive ketones (excluding diaryl/α,β-unsaturated/α-hetero) is 1. The lowest BCUT2D eigenvalue weighted by molar-refractivity contribution is 0.102. The molecule has 0 atom stereocenters. The third kappa shape index (κ3) is 1.94. The highest BCUT2D eigenvalue weighted by Gasteiger charge is 2.09. The highest BCUT2D eigenvalue weighted by atomic mass is 35.5. The predicted octanol–water partition coefficient (Wildman–Crippen LogP) is 2.60. The van der Waals surface area contributed by atoms with Crippen molar-refractivity contribution in [1.82, 2.24) is 0 Å². The lowest BCUT2D eigenvalue weighted by atomic mass is 9.99. The van der Waals surface area contributed by atoms with Crippen molar-refractivity contribution in [2.75, 3.05) is 5.88 Å². The number of ketones is 1. The van der Waals surface area contributed by atoms with Crippen LogP contribution in [0.4, 0.5) is 0 Å². The van der Waals surface area contributed by atoms with Gasteiger partial charge in [-0.25, -0.2) is 0 Å². The van der Waals surface area contributed by atoms with E-state index < -0.39 is 0 Å². The molecule has 0 spiro atoms. The third-order valence-corrected chi connectivity index (χ3v) is 2.47. The number of aryl methyl sites for hydroxylation is 1. The summed E-state index contributed by atoms with van der Waals surface area (Å²) in [6, 6.07) is 5.42. The molecule has 72 valence electrons. The van der Waals surface area contributed by atoms with Gasteiger partial charge in [-0.15, -0.1) is 11.6 Å². The van der Waals surface area contributed by atoms with Gasteiger partial charge in [-0.2, -0.15) is 5.26 Å². The van der Waals surface area contributed by atoms with Crippen molar-refractivity contribution >= 4 is 17.4 Å². The zero-order chi connectivity index (χ0) is 10.7. The van der Waals surface area contributed by atoms with Crippen molar-refractivity contribution in [3.8, 4) is 6.07 Å². The van der Waals surface area contributed by atoms with E-state index in [0.717, 1.165) is 11.1 Å². The Hall–Kier alpha value is -1.33. The predicted molar refractivity (Wildman–Crippen MR) is 55.7 cm³/mol. The van der Waals surface area contributed by atoms with Gasteiger partial charge < -0.3 is 0 Å². The average molecular weight is 208 g/mol. The van der Waals surface area contributed by atoms with Crippen LogP contribution in [0.15, 0.2) is 12.1 Å². The monoisotopic (exact) mass is 207 g/mol. The van der Waals surface area contributed by atoms with E-state index in [-0.39, 0.29) is 11.7 Å². The number of hydrogen-bond acceptors (Lipinski definition) is 2. The number of halogens is 1. The summed E-state index contributed by atoms with van der Waals surface area (Å²) in [7, 11) is 0. The highest BCUT2D eigenvalue weighted by molar-refractivity contribution is 6.30. The molecule has 0 saturated heterocycles. The summed E-state index contributed by atoms with van der Waals surface area (Å²) < 4.78 is 0. The third-order valence-electron chi connectivity index (χ3n) is 2.23. The molecule has 0 bridgehead atoms. The van der Waals surface area contributed by atoms with Crippen molar-refractivity contribution < 1.29 is 4.79 Å². The van der Waals surface area contributed by atoms with Gasteiger partial charge >= 0.3 is 0 Å². The summed E-state index contributed by atoms with van der Waals surface area (Å²) >= 11 is 5.44. The lowest BCUT2D eigenvalue weighted by Gasteiger charge is -2.05. The first kappa shape index (κ1) is 10.7. The minimum atomic E-state index is -0.147. The van der Waals surface area contributed by atoms with Crippen LogP contribution in [0.25, 0.3) is 0 Å². The van der Waals surface area contributed by atoms with E-state index in [9.17, 15) is 4.79 Å². The molecule has 0 radical (unpaired) electrons. The normalized spacial score (nSPS) is 9.57. The first-order valence-electron chi connectivity index (χ1n) is 4.20. The van der Waals surface area contributed by atoms with Gasteiger partial charge in [-0.1, -0.05) is 0 Å². The summed E-state index contributed by atoms with van der Waals surface area (Å²) in [5.74, 6) is -0.195. The smallest absolute Gasteiger partial charge is 0.177 e. The fraction of sp³-hybridized carbons (Fsp3) is 0.273. The number of benzene rings is 1. The van der Waals surface area contributed by atoms with E-state index in [1.165, 1.54) is 0 Å². The maximum atomic E-state index is 11.3. The maximum absolute atomic E-state index is 11.3. The number of hydrogen-bond donors (Lipinski definition) is 0. The average Bonchev–Trinajstić information content (AvgIpc) is 2.20. The molecule has 14 heavy (non-hydrogen) atoms. The fourth-order valence-corrected chi connectivity index (χ4v) is 1.37. The summed E-state index contributed by atoms with van der Waals surface area (Å²) in [5.41, 5.74) is 2.91. The molecule has 0 aliphatic carbocycles. The molecule has 1 aromatic carbocycles. The molecule has 0 aliphatic rings.